The van der Waals surface area contributed by atoms with Crippen LogP contribution in [-0.2, 0) is 0 Å². The highest BCUT2D eigenvalue weighted by Crippen LogP contribution is 2.26. The van der Waals surface area contributed by atoms with Gasteiger partial charge < -0.3 is 10.6 Å². The van der Waals surface area contributed by atoms with E-state index in [-0.39, 0.29) is 23.2 Å². The quantitative estimate of drug-likeness (QED) is 0.617. The summed E-state index contributed by atoms with van der Waals surface area (Å²) >= 11 is 1.66. The second kappa shape index (κ2) is 6.98. The van der Waals surface area contributed by atoms with Crippen LogP contribution in [0.4, 0.5) is 11.4 Å². The van der Waals surface area contributed by atoms with E-state index in [2.05, 4.69) is 10.6 Å². The standard InChI is InChI=1S/C12H17N3O3S/c1-8(7-19-3)14-10-5-4-9(12(16)13-2)6-11(10)15(17)18/h4-6,8,14H,7H2,1-3H3,(H,13,16). The SMILES string of the molecule is CNC(=O)c1ccc(NC(C)CSC)c([N+](=O)[O-])c1. The van der Waals surface area contributed by atoms with Gasteiger partial charge in [-0.3, -0.25) is 14.9 Å². The molecule has 1 atom stereocenters. The van der Waals surface area contributed by atoms with Gasteiger partial charge in [0.1, 0.15) is 5.69 Å². The van der Waals surface area contributed by atoms with E-state index >= 15 is 0 Å². The topological polar surface area (TPSA) is 84.3 Å². The summed E-state index contributed by atoms with van der Waals surface area (Å²) in [6.45, 7) is 1.95. The van der Waals surface area contributed by atoms with Crippen LogP contribution in [0.1, 0.15) is 17.3 Å². The van der Waals surface area contributed by atoms with Gasteiger partial charge in [-0.1, -0.05) is 0 Å². The Bertz CT molecular complexity index is 479. The lowest BCUT2D eigenvalue weighted by Crippen LogP contribution is -2.20. The number of thioether (sulfide) groups is 1. The predicted molar refractivity (Wildman–Crippen MR) is 78.0 cm³/mol. The number of hydrogen-bond acceptors (Lipinski definition) is 5. The maximum atomic E-state index is 11.5. The van der Waals surface area contributed by atoms with Gasteiger partial charge in [0.25, 0.3) is 11.6 Å². The molecule has 0 saturated carbocycles. The highest BCUT2D eigenvalue weighted by molar-refractivity contribution is 7.98. The molecule has 1 amide bonds. The second-order valence-corrected chi connectivity index (χ2v) is 4.98. The van der Waals surface area contributed by atoms with Crippen LogP contribution in [0.3, 0.4) is 0 Å². The summed E-state index contributed by atoms with van der Waals surface area (Å²) in [5, 5.41) is 16.6. The van der Waals surface area contributed by atoms with E-state index in [1.807, 2.05) is 13.2 Å². The van der Waals surface area contributed by atoms with Crippen molar-refractivity contribution in [1.82, 2.24) is 5.32 Å². The molecule has 0 aliphatic heterocycles. The van der Waals surface area contributed by atoms with Gasteiger partial charge >= 0.3 is 0 Å². The summed E-state index contributed by atoms with van der Waals surface area (Å²) in [6.07, 6.45) is 1.97. The number of anilines is 1. The summed E-state index contributed by atoms with van der Waals surface area (Å²) in [5.41, 5.74) is 0.616. The molecule has 1 aromatic rings. The zero-order valence-corrected chi connectivity index (χ0v) is 11.9. The average Bonchev–Trinajstić information content (AvgIpc) is 2.38. The van der Waals surface area contributed by atoms with E-state index < -0.39 is 4.92 Å². The van der Waals surface area contributed by atoms with Gasteiger partial charge in [-0.15, -0.1) is 0 Å². The number of carbonyl (C=O) groups excluding carboxylic acids is 1. The van der Waals surface area contributed by atoms with Crippen molar-refractivity contribution in [2.24, 2.45) is 0 Å². The third-order valence-corrected chi connectivity index (χ3v) is 3.34. The van der Waals surface area contributed by atoms with Crippen molar-refractivity contribution < 1.29 is 9.72 Å². The van der Waals surface area contributed by atoms with E-state index in [1.54, 1.807) is 23.9 Å². The van der Waals surface area contributed by atoms with E-state index in [1.165, 1.54) is 13.1 Å². The first kappa shape index (κ1) is 15.3. The molecule has 0 aliphatic rings. The normalized spacial score (nSPS) is 11.7. The number of rotatable bonds is 6. The van der Waals surface area contributed by atoms with Crippen LogP contribution in [0.5, 0.6) is 0 Å². The Morgan fingerprint density at radius 2 is 2.21 bits per heavy atom. The number of nitro groups is 1. The minimum atomic E-state index is -0.486. The first-order valence-corrected chi connectivity index (χ1v) is 7.15. The number of nitrogens with zero attached hydrogens (tertiary/aromatic N) is 1. The largest absolute Gasteiger partial charge is 0.376 e. The van der Waals surface area contributed by atoms with Crippen LogP contribution in [0.25, 0.3) is 0 Å². The van der Waals surface area contributed by atoms with Gasteiger partial charge in [-0.2, -0.15) is 11.8 Å². The fraction of sp³-hybridized carbons (Fsp3) is 0.417. The lowest BCUT2D eigenvalue weighted by molar-refractivity contribution is -0.384. The van der Waals surface area contributed by atoms with E-state index in [0.29, 0.717) is 5.69 Å². The molecule has 7 heteroatoms. The predicted octanol–water partition coefficient (Wildman–Crippen LogP) is 2.12. The molecule has 104 valence electrons. The lowest BCUT2D eigenvalue weighted by Gasteiger charge is -2.14. The monoisotopic (exact) mass is 283 g/mol. The lowest BCUT2D eigenvalue weighted by atomic mass is 10.1. The first-order valence-electron chi connectivity index (χ1n) is 5.75. The molecule has 0 bridgehead atoms. The zero-order valence-electron chi connectivity index (χ0n) is 11.1. The molecule has 0 aromatic heterocycles. The third-order valence-electron chi connectivity index (χ3n) is 2.50. The molecule has 0 heterocycles. The first-order chi connectivity index (χ1) is 8.99. The van der Waals surface area contributed by atoms with Crippen LogP contribution < -0.4 is 10.6 Å². The van der Waals surface area contributed by atoms with Gasteiger partial charge in [0.05, 0.1) is 4.92 Å². The Balaban J connectivity index is 3.05. The molecule has 1 unspecified atom stereocenters. The van der Waals surface area contributed by atoms with Crippen molar-refractivity contribution in [2.75, 3.05) is 24.4 Å². The summed E-state index contributed by atoms with van der Waals surface area (Å²) in [6, 6.07) is 4.53. The van der Waals surface area contributed by atoms with Gasteiger partial charge in [0.2, 0.25) is 0 Å². The molecule has 1 aromatic carbocycles. The third kappa shape index (κ3) is 4.13. The van der Waals surface area contributed by atoms with E-state index in [0.717, 1.165) is 5.75 Å². The van der Waals surface area contributed by atoms with Crippen LogP contribution in [0.2, 0.25) is 0 Å². The molecule has 0 fully saturated rings. The van der Waals surface area contributed by atoms with Gasteiger partial charge in [-0.25, -0.2) is 0 Å². The van der Waals surface area contributed by atoms with Gasteiger partial charge in [0.15, 0.2) is 0 Å². The number of nitro benzene ring substituents is 1. The maximum absolute atomic E-state index is 11.5. The Labute approximate surface area is 116 Å². The van der Waals surface area contributed by atoms with Crippen molar-refractivity contribution >= 4 is 29.0 Å². The van der Waals surface area contributed by atoms with Crippen molar-refractivity contribution in [2.45, 2.75) is 13.0 Å². The molecule has 0 spiro atoms. The van der Waals surface area contributed by atoms with Crippen LogP contribution in [0, 0.1) is 10.1 Å². The molecule has 0 saturated heterocycles. The van der Waals surface area contributed by atoms with Crippen LogP contribution in [0.15, 0.2) is 18.2 Å². The van der Waals surface area contributed by atoms with Crippen LogP contribution >= 0.6 is 11.8 Å². The average molecular weight is 283 g/mol. The molecule has 0 radical (unpaired) electrons. The van der Waals surface area contributed by atoms with Crippen molar-refractivity contribution in [3.05, 3.63) is 33.9 Å². The fourth-order valence-corrected chi connectivity index (χ4v) is 2.23. The maximum Gasteiger partial charge on any atom is 0.293 e. The Hall–Kier alpha value is -1.76. The Kier molecular flexibility index (Phi) is 5.62. The second-order valence-electron chi connectivity index (χ2n) is 4.07. The summed E-state index contributed by atoms with van der Waals surface area (Å²) in [7, 11) is 1.49. The molecule has 19 heavy (non-hydrogen) atoms. The zero-order chi connectivity index (χ0) is 14.4. The molecule has 2 N–H and O–H groups in total. The fourth-order valence-electron chi connectivity index (χ4n) is 1.65. The molecule has 0 aliphatic carbocycles. The van der Waals surface area contributed by atoms with Crippen molar-refractivity contribution in [3.63, 3.8) is 0 Å². The Morgan fingerprint density at radius 3 is 2.74 bits per heavy atom. The minimum absolute atomic E-state index is 0.0888. The van der Waals surface area contributed by atoms with Crippen LogP contribution in [-0.4, -0.2) is 35.9 Å². The summed E-state index contributed by atoms with van der Waals surface area (Å²) in [4.78, 5) is 22.0. The number of hydrogen-bond donors (Lipinski definition) is 2. The van der Waals surface area contributed by atoms with Gasteiger partial charge in [-0.05, 0) is 25.3 Å². The molecule has 6 nitrogen and oxygen atoms in total. The molecule has 1 rings (SSSR count). The smallest absolute Gasteiger partial charge is 0.293 e. The number of nitrogens with one attached hydrogen (secondary N) is 2. The number of carbonyl (C=O) groups is 1. The highest BCUT2D eigenvalue weighted by atomic mass is 32.2. The van der Waals surface area contributed by atoms with Crippen molar-refractivity contribution in [1.29, 1.82) is 0 Å². The van der Waals surface area contributed by atoms with E-state index in [4.69, 9.17) is 0 Å². The highest BCUT2D eigenvalue weighted by Gasteiger charge is 2.18. The summed E-state index contributed by atoms with van der Waals surface area (Å²) < 4.78 is 0. The molecular weight excluding hydrogens is 266 g/mol. The summed E-state index contributed by atoms with van der Waals surface area (Å²) in [5.74, 6) is 0.501. The Morgan fingerprint density at radius 1 is 1.53 bits per heavy atom. The molecular formula is C12H17N3O3S. The number of benzene rings is 1. The van der Waals surface area contributed by atoms with Gasteiger partial charge in [0, 0.05) is 30.5 Å². The minimum Gasteiger partial charge on any atom is -0.376 e. The van der Waals surface area contributed by atoms with E-state index in [9.17, 15) is 14.9 Å². The number of amides is 1. The van der Waals surface area contributed by atoms with Crippen molar-refractivity contribution in [3.8, 4) is 0 Å².